The number of hydrogen-bond donors (Lipinski definition) is 1. The lowest BCUT2D eigenvalue weighted by Crippen LogP contribution is -2.15. The Morgan fingerprint density at radius 2 is 1.96 bits per heavy atom. The van der Waals surface area contributed by atoms with Crippen LogP contribution in [0.4, 0.5) is 24.5 Å². The van der Waals surface area contributed by atoms with Gasteiger partial charge < -0.3 is 9.88 Å². The summed E-state index contributed by atoms with van der Waals surface area (Å²) in [6.07, 6.45) is -4.62. The highest BCUT2D eigenvalue weighted by atomic mass is 32.2. The molecule has 0 unspecified atom stereocenters. The van der Waals surface area contributed by atoms with Crippen LogP contribution in [0.2, 0.25) is 0 Å². The highest BCUT2D eigenvalue weighted by Crippen LogP contribution is 2.29. The molecule has 0 radical (unpaired) electrons. The third kappa shape index (κ3) is 4.22. The number of aromatic nitrogens is 3. The van der Waals surface area contributed by atoms with Crippen LogP contribution in [-0.4, -0.2) is 31.3 Å². The second kappa shape index (κ2) is 6.86. The highest BCUT2D eigenvalue weighted by Gasteiger charge is 2.37. The third-order valence-electron chi connectivity index (χ3n) is 2.78. The van der Waals surface area contributed by atoms with Crippen molar-refractivity contribution in [1.82, 2.24) is 14.8 Å². The molecule has 0 aliphatic carbocycles. The van der Waals surface area contributed by atoms with E-state index in [0.29, 0.717) is 5.69 Å². The summed E-state index contributed by atoms with van der Waals surface area (Å²) in [6, 6.07) is 5.15. The average Bonchev–Trinajstić information content (AvgIpc) is 2.86. The van der Waals surface area contributed by atoms with Gasteiger partial charge in [-0.3, -0.25) is 14.9 Å². The molecule has 12 heteroatoms. The number of halogens is 3. The summed E-state index contributed by atoms with van der Waals surface area (Å²) in [5, 5.41) is 19.4. The van der Waals surface area contributed by atoms with E-state index in [9.17, 15) is 28.1 Å². The maximum atomic E-state index is 12.6. The number of thioether (sulfide) groups is 1. The summed E-state index contributed by atoms with van der Waals surface area (Å²) >= 11 is 0.788. The van der Waals surface area contributed by atoms with E-state index in [0.717, 1.165) is 23.4 Å². The molecular weight excluding hydrogens is 351 g/mol. The molecule has 0 atom stereocenters. The second-order valence-corrected chi connectivity index (χ2v) is 5.45. The third-order valence-corrected chi connectivity index (χ3v) is 3.80. The van der Waals surface area contributed by atoms with Gasteiger partial charge in [-0.2, -0.15) is 13.2 Å². The van der Waals surface area contributed by atoms with E-state index >= 15 is 0 Å². The fourth-order valence-corrected chi connectivity index (χ4v) is 2.39. The van der Waals surface area contributed by atoms with Gasteiger partial charge >= 0.3 is 6.18 Å². The molecule has 0 bridgehead atoms. The predicted molar refractivity (Wildman–Crippen MR) is 78.5 cm³/mol. The summed E-state index contributed by atoms with van der Waals surface area (Å²) in [6.45, 7) is 0. The van der Waals surface area contributed by atoms with Gasteiger partial charge in [0.25, 0.3) is 5.69 Å². The molecule has 1 N–H and O–H groups in total. The van der Waals surface area contributed by atoms with E-state index in [1.165, 1.54) is 24.3 Å². The molecule has 128 valence electrons. The number of carbonyl (C=O) groups is 1. The zero-order valence-corrected chi connectivity index (χ0v) is 12.9. The van der Waals surface area contributed by atoms with Crippen molar-refractivity contribution >= 4 is 29.0 Å². The smallest absolute Gasteiger partial charge is 0.325 e. The van der Waals surface area contributed by atoms with E-state index in [2.05, 4.69) is 15.5 Å². The fourth-order valence-electron chi connectivity index (χ4n) is 1.68. The minimum absolute atomic E-state index is 0.0545. The van der Waals surface area contributed by atoms with Gasteiger partial charge in [-0.1, -0.05) is 11.8 Å². The fraction of sp³-hybridized carbons (Fsp3) is 0.250. The van der Waals surface area contributed by atoms with Crippen molar-refractivity contribution in [3.05, 3.63) is 40.2 Å². The first-order valence-electron chi connectivity index (χ1n) is 6.32. The maximum absolute atomic E-state index is 12.6. The molecule has 0 fully saturated rings. The Morgan fingerprint density at radius 3 is 2.46 bits per heavy atom. The Hall–Kier alpha value is -2.63. The predicted octanol–water partition coefficient (Wildman–Crippen LogP) is 2.47. The van der Waals surface area contributed by atoms with Gasteiger partial charge in [0.2, 0.25) is 11.7 Å². The van der Waals surface area contributed by atoms with Crippen molar-refractivity contribution in [3.63, 3.8) is 0 Å². The van der Waals surface area contributed by atoms with Crippen LogP contribution in [0, 0.1) is 10.1 Å². The van der Waals surface area contributed by atoms with Gasteiger partial charge in [0.15, 0.2) is 5.16 Å². The summed E-state index contributed by atoms with van der Waals surface area (Å²) < 4.78 is 38.5. The number of non-ortho nitro benzene ring substituents is 1. The summed E-state index contributed by atoms with van der Waals surface area (Å²) in [7, 11) is 1.15. The summed E-state index contributed by atoms with van der Waals surface area (Å²) in [4.78, 5) is 21.7. The largest absolute Gasteiger partial charge is 0.451 e. The molecular formula is C12H10F3N5O3S. The van der Waals surface area contributed by atoms with Crippen LogP contribution < -0.4 is 5.32 Å². The van der Waals surface area contributed by atoms with E-state index in [-0.39, 0.29) is 16.6 Å². The average molecular weight is 361 g/mol. The molecule has 2 aromatic rings. The Morgan fingerprint density at radius 1 is 1.33 bits per heavy atom. The lowest BCUT2D eigenvalue weighted by molar-refractivity contribution is -0.384. The number of carbonyl (C=O) groups excluding carboxylic acids is 1. The van der Waals surface area contributed by atoms with Crippen LogP contribution in [-0.2, 0) is 18.0 Å². The van der Waals surface area contributed by atoms with Gasteiger partial charge in [-0.25, -0.2) is 0 Å². The lowest BCUT2D eigenvalue weighted by Gasteiger charge is -2.07. The standard InChI is InChI=1S/C12H10F3N5O3S/c1-19-10(12(13,14)15)17-18-11(19)24-6-9(21)16-7-2-4-8(5-3-7)20(22)23/h2-5H,6H2,1H3,(H,16,21). The van der Waals surface area contributed by atoms with Crippen molar-refractivity contribution in [1.29, 1.82) is 0 Å². The van der Waals surface area contributed by atoms with Crippen molar-refractivity contribution in [2.24, 2.45) is 7.05 Å². The summed E-state index contributed by atoms with van der Waals surface area (Å²) in [5.74, 6) is -1.84. The molecule has 1 amide bonds. The van der Waals surface area contributed by atoms with Crippen molar-refractivity contribution in [2.75, 3.05) is 11.1 Å². The van der Waals surface area contributed by atoms with Gasteiger partial charge in [-0.05, 0) is 12.1 Å². The van der Waals surface area contributed by atoms with Crippen LogP contribution in [0.5, 0.6) is 0 Å². The van der Waals surface area contributed by atoms with Crippen molar-refractivity contribution < 1.29 is 22.9 Å². The maximum Gasteiger partial charge on any atom is 0.451 e. The summed E-state index contributed by atoms with van der Waals surface area (Å²) in [5.41, 5.74) is 0.210. The SMILES string of the molecule is Cn1c(SCC(=O)Nc2ccc([N+](=O)[O-])cc2)nnc1C(F)(F)F. The first-order chi connectivity index (χ1) is 11.2. The van der Waals surface area contributed by atoms with E-state index in [4.69, 9.17) is 0 Å². The number of rotatable bonds is 5. The molecule has 0 aliphatic rings. The molecule has 0 spiro atoms. The number of nitrogens with zero attached hydrogens (tertiary/aromatic N) is 4. The first-order valence-corrected chi connectivity index (χ1v) is 7.30. The van der Waals surface area contributed by atoms with Gasteiger partial charge in [0.1, 0.15) is 0 Å². The monoisotopic (exact) mass is 361 g/mol. The van der Waals surface area contributed by atoms with Crippen LogP contribution in [0.1, 0.15) is 5.82 Å². The number of alkyl halides is 3. The van der Waals surface area contributed by atoms with Crippen LogP contribution in [0.15, 0.2) is 29.4 Å². The molecule has 24 heavy (non-hydrogen) atoms. The number of hydrogen-bond acceptors (Lipinski definition) is 6. The molecule has 0 saturated heterocycles. The van der Waals surface area contributed by atoms with Gasteiger partial charge in [-0.15, -0.1) is 10.2 Å². The minimum atomic E-state index is -4.62. The number of nitro groups is 1. The zero-order valence-electron chi connectivity index (χ0n) is 12.1. The molecule has 1 aromatic carbocycles. The first kappa shape index (κ1) is 17.7. The Bertz CT molecular complexity index is 760. The van der Waals surface area contributed by atoms with Gasteiger partial charge in [0, 0.05) is 24.9 Å². The van der Waals surface area contributed by atoms with Crippen LogP contribution in [0.3, 0.4) is 0 Å². The number of benzene rings is 1. The number of nitro benzene ring substituents is 1. The van der Waals surface area contributed by atoms with E-state index < -0.39 is 22.8 Å². The molecule has 0 aliphatic heterocycles. The van der Waals surface area contributed by atoms with E-state index in [1.807, 2.05) is 0 Å². The van der Waals surface area contributed by atoms with Crippen LogP contribution in [0.25, 0.3) is 0 Å². The molecule has 1 heterocycles. The van der Waals surface area contributed by atoms with Gasteiger partial charge in [0.05, 0.1) is 10.7 Å². The molecule has 1 aromatic heterocycles. The second-order valence-electron chi connectivity index (χ2n) is 4.50. The van der Waals surface area contributed by atoms with E-state index in [1.54, 1.807) is 0 Å². The zero-order chi connectivity index (χ0) is 17.9. The van der Waals surface area contributed by atoms with Crippen molar-refractivity contribution in [2.45, 2.75) is 11.3 Å². The lowest BCUT2D eigenvalue weighted by atomic mass is 10.3. The topological polar surface area (TPSA) is 103 Å². The van der Waals surface area contributed by atoms with Crippen molar-refractivity contribution in [3.8, 4) is 0 Å². The van der Waals surface area contributed by atoms with Crippen LogP contribution >= 0.6 is 11.8 Å². The Balaban J connectivity index is 1.94. The molecule has 0 saturated carbocycles. The normalized spacial score (nSPS) is 11.3. The minimum Gasteiger partial charge on any atom is -0.325 e. The Kier molecular flexibility index (Phi) is 5.07. The molecule has 8 nitrogen and oxygen atoms in total. The Labute approximate surface area is 137 Å². The number of anilines is 1. The quantitative estimate of drug-likeness (QED) is 0.499. The highest BCUT2D eigenvalue weighted by molar-refractivity contribution is 7.99. The number of nitrogens with one attached hydrogen (secondary N) is 1. The molecule has 2 rings (SSSR count). The number of amides is 1.